The first kappa shape index (κ1) is 20.3. The van der Waals surface area contributed by atoms with Gasteiger partial charge >= 0.3 is 5.69 Å². The van der Waals surface area contributed by atoms with Crippen LogP contribution in [0.1, 0.15) is 5.56 Å². The number of para-hydroxylation sites is 1. The Balaban J connectivity index is 1.57. The van der Waals surface area contributed by atoms with E-state index in [1.165, 1.54) is 45.4 Å². The molecule has 0 saturated carbocycles. The van der Waals surface area contributed by atoms with Crippen LogP contribution in [0, 0.1) is 12.7 Å². The van der Waals surface area contributed by atoms with E-state index in [1.54, 1.807) is 18.4 Å². The highest BCUT2D eigenvalue weighted by molar-refractivity contribution is 7.22. The smallest absolute Gasteiger partial charge is 0.300 e. The molecular weight excluding hydrogens is 451 g/mol. The summed E-state index contributed by atoms with van der Waals surface area (Å²) < 4.78 is 17.1. The number of thiophene rings is 1. The van der Waals surface area contributed by atoms with Crippen LogP contribution in [0.2, 0.25) is 0 Å². The number of rotatable bonds is 4. The molecule has 0 fully saturated rings. The van der Waals surface area contributed by atoms with Gasteiger partial charge in [0.2, 0.25) is 5.91 Å². The number of fused-ring (bicyclic) bond motifs is 2. The number of nitrogens with one attached hydrogen (secondary N) is 1. The van der Waals surface area contributed by atoms with Gasteiger partial charge in [0.25, 0.3) is 5.56 Å². The number of anilines is 1. The Bertz CT molecular complexity index is 1600. The highest BCUT2D eigenvalue weighted by Crippen LogP contribution is 2.25. The van der Waals surface area contributed by atoms with Gasteiger partial charge in [0.15, 0.2) is 5.13 Å². The van der Waals surface area contributed by atoms with Crippen LogP contribution in [-0.2, 0) is 11.3 Å². The Morgan fingerprint density at radius 1 is 1.16 bits per heavy atom. The molecule has 1 amide bonds. The van der Waals surface area contributed by atoms with Gasteiger partial charge < -0.3 is 5.32 Å². The predicted octanol–water partition coefficient (Wildman–Crippen LogP) is 3.91. The molecule has 0 spiro atoms. The number of thiazole rings is 1. The Morgan fingerprint density at radius 2 is 1.97 bits per heavy atom. The summed E-state index contributed by atoms with van der Waals surface area (Å²) in [6, 6.07) is 13.0. The quantitative estimate of drug-likeness (QED) is 0.435. The van der Waals surface area contributed by atoms with Crippen molar-refractivity contribution in [1.82, 2.24) is 14.1 Å². The van der Waals surface area contributed by atoms with Crippen LogP contribution in [-0.4, -0.2) is 20.0 Å². The zero-order valence-corrected chi connectivity index (χ0v) is 18.3. The van der Waals surface area contributed by atoms with Gasteiger partial charge in [-0.25, -0.2) is 18.7 Å². The fraction of sp³-hybridized carbons (Fsp3) is 0.0909. The minimum Gasteiger partial charge on any atom is -0.300 e. The van der Waals surface area contributed by atoms with Crippen molar-refractivity contribution < 1.29 is 9.18 Å². The van der Waals surface area contributed by atoms with Gasteiger partial charge in [0.05, 0.1) is 21.4 Å². The highest BCUT2D eigenvalue weighted by Gasteiger charge is 2.19. The van der Waals surface area contributed by atoms with Gasteiger partial charge in [0.1, 0.15) is 17.1 Å². The number of benzene rings is 2. The monoisotopic (exact) mass is 466 g/mol. The van der Waals surface area contributed by atoms with E-state index < -0.39 is 23.0 Å². The van der Waals surface area contributed by atoms with Crippen LogP contribution >= 0.6 is 22.7 Å². The van der Waals surface area contributed by atoms with Gasteiger partial charge in [-0.1, -0.05) is 23.5 Å². The van der Waals surface area contributed by atoms with Gasteiger partial charge in [-0.05, 0) is 54.3 Å². The van der Waals surface area contributed by atoms with Crippen LogP contribution in [0.25, 0.3) is 26.1 Å². The summed E-state index contributed by atoms with van der Waals surface area (Å²) in [7, 11) is 0. The zero-order valence-electron chi connectivity index (χ0n) is 16.7. The largest absolute Gasteiger partial charge is 0.336 e. The zero-order chi connectivity index (χ0) is 22.4. The normalized spacial score (nSPS) is 11.3. The SMILES string of the molecule is Cc1cc(F)ccc1-n1c(=O)c2sccc2n(CC(=O)Nc2nc3ccccc3s2)c1=O. The number of aromatic nitrogens is 3. The van der Waals surface area contributed by atoms with Crippen LogP contribution in [0.15, 0.2) is 63.5 Å². The molecule has 3 aromatic heterocycles. The second kappa shape index (κ2) is 7.81. The first-order chi connectivity index (χ1) is 15.4. The second-order valence-electron chi connectivity index (χ2n) is 7.11. The number of aryl methyl sites for hydroxylation is 1. The molecule has 5 rings (SSSR count). The van der Waals surface area contributed by atoms with Crippen LogP contribution in [0.3, 0.4) is 0 Å². The molecule has 10 heteroatoms. The Morgan fingerprint density at radius 3 is 2.75 bits per heavy atom. The maximum atomic E-state index is 13.6. The summed E-state index contributed by atoms with van der Waals surface area (Å²) in [5, 5.41) is 4.85. The molecule has 3 heterocycles. The standard InChI is InChI=1S/C22H15FN4O3S2/c1-12-10-13(23)6-7-15(12)27-20(29)19-16(8-9-31-19)26(22(27)30)11-18(28)25-21-24-14-4-2-3-5-17(14)32-21/h2-10H,11H2,1H3,(H,24,25,28). The fourth-order valence-corrected chi connectivity index (χ4v) is 5.26. The molecule has 5 aromatic rings. The Hall–Kier alpha value is -3.63. The lowest BCUT2D eigenvalue weighted by atomic mass is 10.2. The fourth-order valence-electron chi connectivity index (χ4n) is 3.55. The van der Waals surface area contributed by atoms with E-state index in [0.29, 0.717) is 20.9 Å². The first-order valence-electron chi connectivity index (χ1n) is 9.57. The lowest BCUT2D eigenvalue weighted by Crippen LogP contribution is -2.40. The molecule has 1 N–H and O–H groups in total. The van der Waals surface area contributed by atoms with E-state index in [2.05, 4.69) is 10.3 Å². The van der Waals surface area contributed by atoms with E-state index in [4.69, 9.17) is 0 Å². The summed E-state index contributed by atoms with van der Waals surface area (Å²) in [6.07, 6.45) is 0. The molecule has 0 radical (unpaired) electrons. The Labute approximate surface area is 188 Å². The van der Waals surface area contributed by atoms with Crippen molar-refractivity contribution in [3.63, 3.8) is 0 Å². The number of halogens is 1. The van der Waals surface area contributed by atoms with E-state index in [9.17, 15) is 18.8 Å². The number of hydrogen-bond acceptors (Lipinski definition) is 6. The number of nitrogens with zero attached hydrogens (tertiary/aromatic N) is 3. The minimum atomic E-state index is -0.671. The summed E-state index contributed by atoms with van der Waals surface area (Å²) in [4.78, 5) is 43.5. The third-order valence-corrected chi connectivity index (χ3v) is 6.84. The van der Waals surface area contributed by atoms with Crippen molar-refractivity contribution in [2.75, 3.05) is 5.32 Å². The maximum Gasteiger partial charge on any atom is 0.336 e. The van der Waals surface area contributed by atoms with E-state index in [0.717, 1.165) is 14.8 Å². The van der Waals surface area contributed by atoms with E-state index in [-0.39, 0.29) is 12.2 Å². The third kappa shape index (κ3) is 3.43. The summed E-state index contributed by atoms with van der Waals surface area (Å²) >= 11 is 2.51. The molecule has 160 valence electrons. The van der Waals surface area contributed by atoms with Crippen LogP contribution < -0.4 is 16.6 Å². The molecule has 0 aliphatic carbocycles. The molecule has 32 heavy (non-hydrogen) atoms. The molecule has 0 aliphatic heterocycles. The van der Waals surface area contributed by atoms with Crippen molar-refractivity contribution >= 4 is 54.1 Å². The molecule has 0 unspecified atom stereocenters. The van der Waals surface area contributed by atoms with E-state index >= 15 is 0 Å². The number of carbonyl (C=O) groups excluding carboxylic acids is 1. The second-order valence-corrected chi connectivity index (χ2v) is 9.06. The van der Waals surface area contributed by atoms with Gasteiger partial charge in [0, 0.05) is 0 Å². The van der Waals surface area contributed by atoms with Crippen molar-refractivity contribution in [2.45, 2.75) is 13.5 Å². The molecule has 2 aromatic carbocycles. The molecule has 7 nitrogen and oxygen atoms in total. The first-order valence-corrected chi connectivity index (χ1v) is 11.3. The average Bonchev–Trinajstić information content (AvgIpc) is 3.39. The van der Waals surface area contributed by atoms with Gasteiger partial charge in [-0.15, -0.1) is 11.3 Å². The maximum absolute atomic E-state index is 13.6. The molecular formula is C22H15FN4O3S2. The van der Waals surface area contributed by atoms with Crippen LogP contribution in [0.5, 0.6) is 0 Å². The lowest BCUT2D eigenvalue weighted by Gasteiger charge is -2.13. The van der Waals surface area contributed by atoms with Crippen molar-refractivity contribution in [3.05, 3.63) is 86.1 Å². The summed E-state index contributed by atoms with van der Waals surface area (Å²) in [6.45, 7) is 1.32. The van der Waals surface area contributed by atoms with Gasteiger partial charge in [-0.3, -0.25) is 14.2 Å². The minimum absolute atomic E-state index is 0.275. The lowest BCUT2D eigenvalue weighted by molar-refractivity contribution is -0.116. The number of hydrogen-bond donors (Lipinski definition) is 1. The molecule has 0 atom stereocenters. The highest BCUT2D eigenvalue weighted by atomic mass is 32.1. The average molecular weight is 467 g/mol. The summed E-state index contributed by atoms with van der Waals surface area (Å²) in [5.41, 5.74) is 0.682. The molecule has 0 saturated heterocycles. The number of amides is 1. The van der Waals surface area contributed by atoms with Crippen molar-refractivity contribution in [3.8, 4) is 5.69 Å². The predicted molar refractivity (Wildman–Crippen MR) is 125 cm³/mol. The Kier molecular flexibility index (Phi) is 4.95. The van der Waals surface area contributed by atoms with Crippen LogP contribution in [0.4, 0.5) is 9.52 Å². The van der Waals surface area contributed by atoms with E-state index in [1.807, 2.05) is 24.3 Å². The van der Waals surface area contributed by atoms with Crippen molar-refractivity contribution in [1.29, 1.82) is 0 Å². The van der Waals surface area contributed by atoms with Gasteiger partial charge in [-0.2, -0.15) is 0 Å². The third-order valence-electron chi connectivity index (χ3n) is 5.00. The topological polar surface area (TPSA) is 86.0 Å². The molecule has 0 bridgehead atoms. The number of carbonyl (C=O) groups is 1. The van der Waals surface area contributed by atoms with Crippen molar-refractivity contribution in [2.24, 2.45) is 0 Å². The summed E-state index contributed by atoms with van der Waals surface area (Å²) in [5.74, 6) is -0.910. The molecule has 0 aliphatic rings.